The van der Waals surface area contributed by atoms with Crippen molar-refractivity contribution in [3.05, 3.63) is 59.7 Å². The Labute approximate surface area is 115 Å². The largest absolute Gasteiger partial charge is 0.295 e. The fourth-order valence-electron chi connectivity index (χ4n) is 2.29. The van der Waals surface area contributed by atoms with Crippen LogP contribution in [0.15, 0.2) is 42.5 Å². The lowest BCUT2D eigenvalue weighted by Gasteiger charge is -2.10. The van der Waals surface area contributed by atoms with E-state index in [1.54, 1.807) is 6.07 Å². The molecule has 0 aliphatic heterocycles. The number of halogens is 2. The van der Waals surface area contributed by atoms with Crippen LogP contribution in [-0.2, 0) is 5.88 Å². The van der Waals surface area contributed by atoms with E-state index in [0.29, 0.717) is 11.3 Å². The number of benzene rings is 2. The van der Waals surface area contributed by atoms with Gasteiger partial charge in [-0.2, -0.15) is 0 Å². The number of alkyl halides is 1. The molecule has 0 radical (unpaired) electrons. The Morgan fingerprint density at radius 2 is 1.95 bits per heavy atom. The van der Waals surface area contributed by atoms with Crippen LogP contribution in [0.25, 0.3) is 16.7 Å². The molecule has 3 aromatic rings. The van der Waals surface area contributed by atoms with Gasteiger partial charge in [-0.25, -0.2) is 9.37 Å². The molecule has 2 nitrogen and oxygen atoms in total. The van der Waals surface area contributed by atoms with Gasteiger partial charge in [0.25, 0.3) is 0 Å². The molecule has 0 N–H and O–H groups in total. The third-order valence-electron chi connectivity index (χ3n) is 3.18. The Balaban J connectivity index is 2.40. The summed E-state index contributed by atoms with van der Waals surface area (Å²) in [4.78, 5) is 4.30. The van der Waals surface area contributed by atoms with Crippen LogP contribution in [0.4, 0.5) is 4.39 Å². The number of hydrogen-bond donors (Lipinski definition) is 0. The molecular weight excluding hydrogens is 263 g/mol. The minimum atomic E-state index is -0.323. The summed E-state index contributed by atoms with van der Waals surface area (Å²) in [5.41, 5.74) is 3.18. The fraction of sp³-hybridized carbons (Fsp3) is 0.133. The molecular formula is C15H12ClFN2. The summed E-state index contributed by atoms with van der Waals surface area (Å²) in [6, 6.07) is 12.9. The summed E-state index contributed by atoms with van der Waals surface area (Å²) in [6.45, 7) is 2.01. The van der Waals surface area contributed by atoms with E-state index in [9.17, 15) is 4.39 Å². The third-order valence-corrected chi connectivity index (χ3v) is 3.42. The second kappa shape index (κ2) is 4.67. The van der Waals surface area contributed by atoms with E-state index in [0.717, 1.165) is 16.8 Å². The number of aromatic nitrogens is 2. The molecule has 0 unspecified atom stereocenters. The molecule has 0 fully saturated rings. The minimum absolute atomic E-state index is 0.239. The van der Waals surface area contributed by atoms with E-state index in [-0.39, 0.29) is 11.7 Å². The molecule has 0 aliphatic carbocycles. The fourth-order valence-corrected chi connectivity index (χ4v) is 2.47. The molecule has 0 aliphatic rings. The van der Waals surface area contributed by atoms with Crippen molar-refractivity contribution < 1.29 is 4.39 Å². The van der Waals surface area contributed by atoms with Crippen molar-refractivity contribution in [3.63, 3.8) is 0 Å². The molecule has 0 spiro atoms. The molecule has 96 valence electrons. The number of nitrogens with zero attached hydrogens (tertiary/aromatic N) is 2. The maximum Gasteiger partial charge on any atom is 0.151 e. The zero-order valence-corrected chi connectivity index (χ0v) is 11.2. The van der Waals surface area contributed by atoms with Crippen LogP contribution < -0.4 is 0 Å². The number of fused-ring (bicyclic) bond motifs is 1. The van der Waals surface area contributed by atoms with E-state index in [4.69, 9.17) is 11.6 Å². The van der Waals surface area contributed by atoms with Gasteiger partial charge in [-0.1, -0.05) is 24.3 Å². The molecule has 0 saturated carbocycles. The summed E-state index contributed by atoms with van der Waals surface area (Å²) < 4.78 is 15.7. The predicted octanol–water partition coefficient (Wildman–Crippen LogP) is 4.21. The predicted molar refractivity (Wildman–Crippen MR) is 75.3 cm³/mol. The first-order valence-corrected chi connectivity index (χ1v) is 6.53. The smallest absolute Gasteiger partial charge is 0.151 e. The molecule has 19 heavy (non-hydrogen) atoms. The number of hydrogen-bond acceptors (Lipinski definition) is 1. The van der Waals surface area contributed by atoms with Gasteiger partial charge in [0.05, 0.1) is 17.1 Å². The van der Waals surface area contributed by atoms with Crippen molar-refractivity contribution in [2.24, 2.45) is 0 Å². The molecule has 1 aromatic heterocycles. The molecule has 0 amide bonds. The van der Waals surface area contributed by atoms with Gasteiger partial charge in [0.1, 0.15) is 11.3 Å². The van der Waals surface area contributed by atoms with Crippen LogP contribution in [0.2, 0.25) is 0 Å². The summed E-state index contributed by atoms with van der Waals surface area (Å²) in [6.07, 6.45) is 0. The molecule has 0 saturated heterocycles. The highest BCUT2D eigenvalue weighted by molar-refractivity contribution is 6.17. The maximum absolute atomic E-state index is 13.8. The second-order valence-corrected chi connectivity index (χ2v) is 4.66. The number of rotatable bonds is 2. The van der Waals surface area contributed by atoms with E-state index >= 15 is 0 Å². The van der Waals surface area contributed by atoms with Crippen LogP contribution in [0.5, 0.6) is 0 Å². The molecule has 0 atom stereocenters. The molecule has 2 aromatic carbocycles. The zero-order valence-electron chi connectivity index (χ0n) is 10.4. The van der Waals surface area contributed by atoms with Gasteiger partial charge < -0.3 is 0 Å². The highest BCUT2D eigenvalue weighted by Gasteiger charge is 2.15. The van der Waals surface area contributed by atoms with Crippen LogP contribution in [-0.4, -0.2) is 9.55 Å². The zero-order chi connectivity index (χ0) is 13.4. The molecule has 0 bridgehead atoms. The van der Waals surface area contributed by atoms with Crippen molar-refractivity contribution in [3.8, 4) is 5.69 Å². The van der Waals surface area contributed by atoms with E-state index in [2.05, 4.69) is 4.98 Å². The lowest BCUT2D eigenvalue weighted by Crippen LogP contribution is -2.01. The molecule has 1 heterocycles. The Bertz CT molecular complexity index is 749. The summed E-state index contributed by atoms with van der Waals surface area (Å²) in [7, 11) is 0. The van der Waals surface area contributed by atoms with Gasteiger partial charge in [0, 0.05) is 0 Å². The summed E-state index contributed by atoms with van der Waals surface area (Å²) in [5, 5.41) is 0. The monoisotopic (exact) mass is 274 g/mol. The van der Waals surface area contributed by atoms with Gasteiger partial charge in [-0.15, -0.1) is 11.6 Å². The highest BCUT2D eigenvalue weighted by Crippen LogP contribution is 2.26. The van der Waals surface area contributed by atoms with Gasteiger partial charge in [-0.3, -0.25) is 4.57 Å². The first kappa shape index (κ1) is 12.2. The summed E-state index contributed by atoms with van der Waals surface area (Å²) in [5.74, 6) is 0.565. The lowest BCUT2D eigenvalue weighted by atomic mass is 10.2. The van der Waals surface area contributed by atoms with Gasteiger partial charge >= 0.3 is 0 Å². The third kappa shape index (κ3) is 1.90. The van der Waals surface area contributed by atoms with Gasteiger partial charge in [0.2, 0.25) is 0 Å². The van der Waals surface area contributed by atoms with Gasteiger partial charge in [0.15, 0.2) is 5.82 Å². The Hall–Kier alpha value is -1.87. The number of para-hydroxylation sites is 2. The van der Waals surface area contributed by atoms with Crippen molar-refractivity contribution in [1.82, 2.24) is 9.55 Å². The quantitative estimate of drug-likeness (QED) is 0.640. The second-order valence-electron chi connectivity index (χ2n) is 4.39. The normalized spacial score (nSPS) is 11.1. The first-order chi connectivity index (χ1) is 9.22. The average molecular weight is 275 g/mol. The van der Waals surface area contributed by atoms with Crippen LogP contribution in [0.3, 0.4) is 0 Å². The van der Waals surface area contributed by atoms with Crippen LogP contribution in [0.1, 0.15) is 11.4 Å². The van der Waals surface area contributed by atoms with Crippen molar-refractivity contribution in [1.29, 1.82) is 0 Å². The number of aryl methyl sites for hydroxylation is 1. The SMILES string of the molecule is Cc1ccccc1-n1c(CCl)nc2c(F)cccc21. The maximum atomic E-state index is 13.8. The number of imidazole rings is 1. The van der Waals surface area contributed by atoms with Crippen LogP contribution in [0, 0.1) is 12.7 Å². The summed E-state index contributed by atoms with van der Waals surface area (Å²) >= 11 is 5.95. The first-order valence-electron chi connectivity index (χ1n) is 6.00. The van der Waals surface area contributed by atoms with E-state index in [1.165, 1.54) is 6.07 Å². The lowest BCUT2D eigenvalue weighted by molar-refractivity contribution is 0.637. The Morgan fingerprint density at radius 1 is 1.16 bits per heavy atom. The molecule has 3 rings (SSSR count). The Morgan fingerprint density at radius 3 is 2.68 bits per heavy atom. The Kier molecular flexibility index (Phi) is 2.99. The van der Waals surface area contributed by atoms with Crippen molar-refractivity contribution in [2.75, 3.05) is 0 Å². The van der Waals surface area contributed by atoms with Gasteiger partial charge in [-0.05, 0) is 30.7 Å². The standard InChI is InChI=1S/C15H12ClFN2/c1-10-5-2-3-7-12(10)19-13-8-4-6-11(17)15(13)18-14(19)9-16/h2-8H,9H2,1H3. The highest BCUT2D eigenvalue weighted by atomic mass is 35.5. The molecule has 4 heteroatoms. The topological polar surface area (TPSA) is 17.8 Å². The average Bonchev–Trinajstić information content (AvgIpc) is 2.79. The minimum Gasteiger partial charge on any atom is -0.295 e. The van der Waals surface area contributed by atoms with Crippen LogP contribution >= 0.6 is 11.6 Å². The van der Waals surface area contributed by atoms with Crippen molar-refractivity contribution >= 4 is 22.6 Å². The van der Waals surface area contributed by atoms with Crippen molar-refractivity contribution in [2.45, 2.75) is 12.8 Å². The van der Waals surface area contributed by atoms with E-state index < -0.39 is 0 Å². The van der Waals surface area contributed by atoms with E-state index in [1.807, 2.05) is 41.8 Å².